The fraction of sp³-hybridized carbons (Fsp3) is 0. The zero-order valence-corrected chi connectivity index (χ0v) is 12.6. The molecule has 0 bridgehead atoms. The molecule has 0 heterocycles. The highest BCUT2D eigenvalue weighted by Crippen LogP contribution is 2.27. The molecule has 2 rings (SSSR count). The minimum Gasteiger partial charge on any atom is -0.749 e. The van der Waals surface area contributed by atoms with Crippen LogP contribution in [0.3, 0.4) is 0 Å². The first-order valence-corrected chi connectivity index (χ1v) is 8.20. The van der Waals surface area contributed by atoms with Gasteiger partial charge in [-0.2, -0.15) is 22.3 Å². The lowest BCUT2D eigenvalue weighted by atomic mass is 10.3. The van der Waals surface area contributed by atoms with Crippen molar-refractivity contribution in [3.8, 4) is 0 Å². The summed E-state index contributed by atoms with van der Waals surface area (Å²) in [7, 11) is -4.53. The van der Waals surface area contributed by atoms with Crippen LogP contribution in [0, 0.1) is 0 Å². The average Bonchev–Trinajstić information content (AvgIpc) is 2.46. The van der Waals surface area contributed by atoms with E-state index in [0.717, 1.165) is 6.07 Å². The number of nitrogen functional groups attached to an aromatic ring is 1. The molecule has 22 heavy (non-hydrogen) atoms. The van der Waals surface area contributed by atoms with E-state index in [9.17, 15) is 17.2 Å². The quantitative estimate of drug-likeness (QED) is 0.503. The molecule has 2 aromatic rings. The largest absolute Gasteiger partial charge is 0.749 e. The van der Waals surface area contributed by atoms with Crippen LogP contribution < -0.4 is 5.73 Å². The van der Waals surface area contributed by atoms with E-state index in [0.29, 0.717) is 5.69 Å². The lowest BCUT2D eigenvalue weighted by Gasteiger charge is -2.09. The molecule has 0 aromatic heterocycles. The maximum Gasteiger partial charge on any atom is 0.311 e. The van der Waals surface area contributed by atoms with Crippen LogP contribution in [-0.2, 0) is 25.1 Å². The monoisotopic (exact) mass is 340 g/mol. The highest BCUT2D eigenvalue weighted by molar-refractivity contribution is 7.95. The highest BCUT2D eigenvalue weighted by atomic mass is 32.3. The van der Waals surface area contributed by atoms with Gasteiger partial charge >= 0.3 is 10.1 Å². The predicted molar refractivity (Wildman–Crippen MR) is 78.7 cm³/mol. The molecule has 0 fully saturated rings. The molecule has 1 unspecified atom stereocenters. The summed E-state index contributed by atoms with van der Waals surface area (Å²) in [6.07, 6.45) is 0. The van der Waals surface area contributed by atoms with Crippen LogP contribution >= 0.6 is 0 Å². The first-order valence-electron chi connectivity index (χ1n) is 5.79. The van der Waals surface area contributed by atoms with Gasteiger partial charge in [0.2, 0.25) is 0 Å². The number of benzene rings is 2. The number of anilines is 1. The van der Waals surface area contributed by atoms with Crippen molar-refractivity contribution in [1.82, 2.24) is 0 Å². The molecule has 0 spiro atoms. The number of nitrogens with two attached hydrogens (primary N) is 1. The Morgan fingerprint density at radius 1 is 1.05 bits per heavy atom. The van der Waals surface area contributed by atoms with Gasteiger partial charge in [-0.1, -0.05) is 18.2 Å². The van der Waals surface area contributed by atoms with E-state index in [2.05, 4.69) is 13.9 Å². The maximum absolute atomic E-state index is 11.7. The van der Waals surface area contributed by atoms with Crippen molar-refractivity contribution in [2.24, 2.45) is 10.2 Å². The molecule has 0 radical (unpaired) electrons. The molecule has 2 aromatic carbocycles. The highest BCUT2D eigenvalue weighted by Gasteiger charge is 2.20. The third-order valence-electron chi connectivity index (χ3n) is 2.45. The summed E-state index contributed by atoms with van der Waals surface area (Å²) in [6.45, 7) is 0. The fourth-order valence-corrected chi connectivity index (χ4v) is 3.02. The first kappa shape index (κ1) is 16.2. The van der Waals surface area contributed by atoms with E-state index >= 15 is 0 Å². The van der Waals surface area contributed by atoms with Crippen molar-refractivity contribution < 1.29 is 20.8 Å². The molecule has 0 amide bonds. The van der Waals surface area contributed by atoms with Crippen LogP contribution in [0.15, 0.2) is 63.7 Å². The molecule has 0 saturated heterocycles. The Morgan fingerprint density at radius 2 is 1.68 bits per heavy atom. The second-order valence-electron chi connectivity index (χ2n) is 3.98. The van der Waals surface area contributed by atoms with E-state index in [-0.39, 0.29) is 11.4 Å². The van der Waals surface area contributed by atoms with Crippen LogP contribution in [0.5, 0.6) is 0 Å². The van der Waals surface area contributed by atoms with Crippen LogP contribution in [0.2, 0.25) is 0 Å². The van der Waals surface area contributed by atoms with E-state index < -0.39 is 26.4 Å². The second kappa shape index (κ2) is 6.75. The standard InChI is InChI=1S/C12H11N3O5S2/c13-11-7-6-10(15-14-9-4-2-1-3-5-9)8-12(11)22(18,19)20-21(16)17/h1-8H,13H2,(H,16,17)/p-1. The Morgan fingerprint density at radius 3 is 2.32 bits per heavy atom. The Balaban J connectivity index is 2.35. The lowest BCUT2D eigenvalue weighted by molar-refractivity contribution is 0.429. The number of hydrogen-bond acceptors (Lipinski definition) is 8. The van der Waals surface area contributed by atoms with Crippen molar-refractivity contribution in [3.05, 3.63) is 48.5 Å². The van der Waals surface area contributed by atoms with E-state index in [4.69, 9.17) is 5.73 Å². The molecular weight excluding hydrogens is 330 g/mol. The van der Waals surface area contributed by atoms with Crippen LogP contribution in [0.4, 0.5) is 17.1 Å². The minimum absolute atomic E-state index is 0.163. The van der Waals surface area contributed by atoms with Gasteiger partial charge < -0.3 is 10.3 Å². The molecular formula is C12H10N3O5S2-. The predicted octanol–water partition coefficient (Wildman–Crippen LogP) is 2.18. The topological polar surface area (TPSA) is 134 Å². The van der Waals surface area contributed by atoms with Gasteiger partial charge in [0.1, 0.15) is 16.3 Å². The van der Waals surface area contributed by atoms with E-state index in [1.165, 1.54) is 12.1 Å². The zero-order valence-electron chi connectivity index (χ0n) is 10.9. The van der Waals surface area contributed by atoms with Gasteiger partial charge in [-0.3, -0.25) is 0 Å². The summed E-state index contributed by atoms with van der Waals surface area (Å²) < 4.78 is 48.1. The second-order valence-corrected chi connectivity index (χ2v) is 6.28. The Hall–Kier alpha value is -2.14. The lowest BCUT2D eigenvalue weighted by Crippen LogP contribution is -2.10. The zero-order chi connectivity index (χ0) is 16.2. The smallest absolute Gasteiger partial charge is 0.311 e. The van der Waals surface area contributed by atoms with Gasteiger partial charge in [-0.15, -0.1) is 0 Å². The number of rotatable bonds is 5. The molecule has 0 aliphatic carbocycles. The first-order chi connectivity index (χ1) is 10.4. The normalized spacial score (nSPS) is 13.3. The summed E-state index contributed by atoms with van der Waals surface area (Å²) in [5.74, 6) is 0. The average molecular weight is 340 g/mol. The van der Waals surface area contributed by atoms with Crippen molar-refractivity contribution in [1.29, 1.82) is 0 Å². The summed E-state index contributed by atoms with van der Waals surface area (Å²) in [5.41, 5.74) is 6.11. The summed E-state index contributed by atoms with van der Waals surface area (Å²) in [6, 6.07) is 12.6. The van der Waals surface area contributed by atoms with Crippen LogP contribution in [-0.4, -0.2) is 17.2 Å². The van der Waals surface area contributed by atoms with Gasteiger partial charge in [0, 0.05) is 0 Å². The van der Waals surface area contributed by atoms with Crippen molar-refractivity contribution >= 4 is 38.5 Å². The van der Waals surface area contributed by atoms with Gasteiger partial charge in [0.15, 0.2) is 0 Å². The molecule has 10 heteroatoms. The van der Waals surface area contributed by atoms with Gasteiger partial charge in [0.25, 0.3) is 0 Å². The summed E-state index contributed by atoms with van der Waals surface area (Å²) in [5, 5.41) is 7.78. The van der Waals surface area contributed by atoms with E-state index in [1.807, 2.05) is 6.07 Å². The molecule has 1 atom stereocenters. The molecule has 116 valence electrons. The fourth-order valence-electron chi connectivity index (χ4n) is 1.52. The van der Waals surface area contributed by atoms with Gasteiger partial charge in [-0.05, 0) is 30.3 Å². The molecule has 2 N–H and O–H groups in total. The Kier molecular flexibility index (Phi) is 4.98. The molecule has 0 aliphatic heterocycles. The van der Waals surface area contributed by atoms with Crippen LogP contribution in [0.25, 0.3) is 0 Å². The summed E-state index contributed by atoms with van der Waals surface area (Å²) >= 11 is -3.23. The third kappa shape index (κ3) is 4.18. The number of hydrogen-bond donors (Lipinski definition) is 1. The third-order valence-corrected chi connectivity index (χ3v) is 4.50. The van der Waals surface area contributed by atoms with Gasteiger partial charge in [-0.25, -0.2) is 4.21 Å². The van der Waals surface area contributed by atoms with Crippen LogP contribution in [0.1, 0.15) is 0 Å². The maximum atomic E-state index is 11.7. The number of nitrogens with zero attached hydrogens (tertiary/aromatic N) is 2. The van der Waals surface area contributed by atoms with E-state index in [1.54, 1.807) is 24.3 Å². The molecule has 8 nitrogen and oxygen atoms in total. The number of azo groups is 1. The summed E-state index contributed by atoms with van der Waals surface area (Å²) in [4.78, 5) is -0.499. The minimum atomic E-state index is -4.53. The van der Waals surface area contributed by atoms with Crippen molar-refractivity contribution in [3.63, 3.8) is 0 Å². The molecule has 0 aliphatic rings. The molecule has 0 saturated carbocycles. The Bertz CT molecular complexity index is 822. The van der Waals surface area contributed by atoms with Gasteiger partial charge in [0.05, 0.1) is 17.1 Å². The van der Waals surface area contributed by atoms with Crippen molar-refractivity contribution in [2.75, 3.05) is 5.73 Å². The SMILES string of the molecule is Nc1ccc(N=Nc2ccccc2)cc1S(=O)(=O)OS(=O)[O-]. The van der Waals surface area contributed by atoms with Crippen molar-refractivity contribution in [2.45, 2.75) is 4.90 Å². The Labute approximate surface area is 129 Å².